The molecular formula is C24H15BrFN3OS2. The first-order valence-electron chi connectivity index (χ1n) is 9.66. The molecule has 2 N–H and O–H groups in total. The summed E-state index contributed by atoms with van der Waals surface area (Å²) in [5, 5.41) is 0.689. The Morgan fingerprint density at radius 3 is 2.59 bits per heavy atom. The zero-order valence-corrected chi connectivity index (χ0v) is 19.7. The predicted octanol–water partition coefficient (Wildman–Crippen LogP) is 6.60. The Morgan fingerprint density at radius 2 is 1.84 bits per heavy atom. The van der Waals surface area contributed by atoms with E-state index in [9.17, 15) is 9.18 Å². The summed E-state index contributed by atoms with van der Waals surface area (Å²) in [7, 11) is 0. The van der Waals surface area contributed by atoms with Crippen LogP contribution in [0.4, 0.5) is 10.1 Å². The van der Waals surface area contributed by atoms with Gasteiger partial charge >= 0.3 is 0 Å². The molecule has 0 saturated carbocycles. The molecule has 1 atom stereocenters. The van der Waals surface area contributed by atoms with Crippen molar-refractivity contribution in [3.8, 4) is 0 Å². The number of ketones is 1. The van der Waals surface area contributed by atoms with Crippen molar-refractivity contribution >= 4 is 71.3 Å². The van der Waals surface area contributed by atoms with Gasteiger partial charge in [0.2, 0.25) is 0 Å². The van der Waals surface area contributed by atoms with Crippen LogP contribution in [0, 0.1) is 5.82 Å². The standard InChI is InChI=1S/C24H15BrFN3OS2/c25-14-5-3-4-13(12-14)21(30)22-20(27)19(24-29-17-6-1-2-7-18(17)31-24)23(32-22)28-16-10-8-15(26)9-11-16/h1-12,22H,27H2. The van der Waals surface area contributed by atoms with Gasteiger partial charge in [-0.25, -0.2) is 14.4 Å². The van der Waals surface area contributed by atoms with E-state index in [2.05, 4.69) is 15.9 Å². The highest BCUT2D eigenvalue weighted by atomic mass is 79.9. The molecule has 0 bridgehead atoms. The number of aromatic nitrogens is 1. The molecule has 0 aliphatic carbocycles. The summed E-state index contributed by atoms with van der Waals surface area (Å²) in [6, 6.07) is 21.0. The van der Waals surface area contributed by atoms with Crippen LogP contribution in [0.1, 0.15) is 15.4 Å². The molecule has 1 aliphatic rings. The van der Waals surface area contributed by atoms with Gasteiger partial charge in [0, 0.05) is 15.7 Å². The number of thiazole rings is 1. The third kappa shape index (κ3) is 4.01. The highest BCUT2D eigenvalue weighted by molar-refractivity contribution is 9.10. The van der Waals surface area contributed by atoms with Crippen LogP contribution in [-0.4, -0.2) is 21.1 Å². The second-order valence-corrected chi connectivity index (χ2v) is 10.1. The number of thioether (sulfide) groups is 1. The lowest BCUT2D eigenvalue weighted by atomic mass is 10.0. The van der Waals surface area contributed by atoms with E-state index in [1.54, 1.807) is 24.3 Å². The van der Waals surface area contributed by atoms with E-state index >= 15 is 0 Å². The Balaban J connectivity index is 1.62. The number of aliphatic imine (C=N–C) groups is 1. The summed E-state index contributed by atoms with van der Waals surface area (Å²) in [5.41, 5.74) is 9.67. The number of benzene rings is 3. The quantitative estimate of drug-likeness (QED) is 0.306. The zero-order chi connectivity index (χ0) is 22.2. The number of fused-ring (bicyclic) bond motifs is 1. The Bertz CT molecular complexity index is 1380. The summed E-state index contributed by atoms with van der Waals surface area (Å²) >= 11 is 6.22. The molecule has 1 aliphatic heterocycles. The van der Waals surface area contributed by atoms with Crippen LogP contribution < -0.4 is 5.73 Å². The molecule has 32 heavy (non-hydrogen) atoms. The number of carbonyl (C=O) groups is 1. The first-order valence-corrected chi connectivity index (χ1v) is 12.1. The fraction of sp³-hybridized carbons (Fsp3) is 0.0417. The molecule has 0 amide bonds. The van der Waals surface area contributed by atoms with E-state index in [0.29, 0.717) is 32.6 Å². The topological polar surface area (TPSA) is 68.3 Å². The van der Waals surface area contributed by atoms with Crippen molar-refractivity contribution < 1.29 is 9.18 Å². The molecular weight excluding hydrogens is 509 g/mol. The third-order valence-corrected chi connectivity index (χ3v) is 7.70. The molecule has 0 saturated heterocycles. The highest BCUT2D eigenvalue weighted by Crippen LogP contribution is 2.43. The van der Waals surface area contributed by atoms with Crippen molar-refractivity contribution in [3.63, 3.8) is 0 Å². The smallest absolute Gasteiger partial charge is 0.182 e. The Kier molecular flexibility index (Phi) is 5.67. The van der Waals surface area contributed by atoms with Crippen molar-refractivity contribution in [2.75, 3.05) is 0 Å². The average Bonchev–Trinajstić information content (AvgIpc) is 3.35. The van der Waals surface area contributed by atoms with Gasteiger partial charge in [0.15, 0.2) is 5.78 Å². The van der Waals surface area contributed by atoms with Crippen LogP contribution in [0.5, 0.6) is 0 Å². The van der Waals surface area contributed by atoms with Gasteiger partial charge in [-0.3, -0.25) is 4.79 Å². The lowest BCUT2D eigenvalue weighted by Crippen LogP contribution is -2.22. The van der Waals surface area contributed by atoms with Crippen molar-refractivity contribution in [1.29, 1.82) is 0 Å². The van der Waals surface area contributed by atoms with Gasteiger partial charge in [0.25, 0.3) is 0 Å². The van der Waals surface area contributed by atoms with Crippen LogP contribution in [-0.2, 0) is 0 Å². The molecule has 3 aromatic carbocycles. The van der Waals surface area contributed by atoms with E-state index in [0.717, 1.165) is 14.7 Å². The maximum atomic E-state index is 13.4. The summed E-state index contributed by atoms with van der Waals surface area (Å²) in [5.74, 6) is -0.436. The molecule has 2 heterocycles. The fourth-order valence-electron chi connectivity index (χ4n) is 3.39. The van der Waals surface area contributed by atoms with Gasteiger partial charge in [-0.1, -0.05) is 52.0 Å². The molecule has 1 aromatic heterocycles. The van der Waals surface area contributed by atoms with Crippen LogP contribution >= 0.6 is 39.0 Å². The number of carbonyl (C=O) groups excluding carboxylic acids is 1. The Hall–Kier alpha value is -2.81. The van der Waals surface area contributed by atoms with Crippen molar-refractivity contribution in [2.24, 2.45) is 10.7 Å². The molecule has 4 aromatic rings. The van der Waals surface area contributed by atoms with Crippen molar-refractivity contribution in [3.05, 3.63) is 99.4 Å². The monoisotopic (exact) mass is 523 g/mol. The second-order valence-electron chi connectivity index (χ2n) is 7.08. The second kappa shape index (κ2) is 8.61. The van der Waals surface area contributed by atoms with Crippen LogP contribution in [0.3, 0.4) is 0 Å². The van der Waals surface area contributed by atoms with E-state index in [-0.39, 0.29) is 11.6 Å². The summed E-state index contributed by atoms with van der Waals surface area (Å²) in [6.45, 7) is 0. The van der Waals surface area contributed by atoms with E-state index < -0.39 is 5.25 Å². The minimum Gasteiger partial charge on any atom is -0.400 e. The minimum atomic E-state index is -0.620. The third-order valence-electron chi connectivity index (χ3n) is 4.93. The molecule has 4 nitrogen and oxygen atoms in total. The number of halogens is 2. The number of nitrogens with two attached hydrogens (primary N) is 1. The van der Waals surface area contributed by atoms with Gasteiger partial charge in [-0.2, -0.15) is 0 Å². The largest absolute Gasteiger partial charge is 0.400 e. The first kappa shape index (κ1) is 21.1. The maximum absolute atomic E-state index is 13.4. The SMILES string of the molecule is NC1=C(c2nc3ccccc3s2)C(=Nc2ccc(F)cc2)SC1C(=O)c1cccc(Br)c1. The molecule has 0 radical (unpaired) electrons. The number of hydrogen-bond acceptors (Lipinski definition) is 6. The molecule has 8 heteroatoms. The zero-order valence-electron chi connectivity index (χ0n) is 16.5. The average molecular weight is 524 g/mol. The number of para-hydroxylation sites is 1. The molecule has 5 rings (SSSR count). The Morgan fingerprint density at radius 1 is 1.06 bits per heavy atom. The van der Waals surface area contributed by atoms with Crippen molar-refractivity contribution in [2.45, 2.75) is 5.25 Å². The Labute approximate surface area is 200 Å². The lowest BCUT2D eigenvalue weighted by Gasteiger charge is -2.09. The van der Waals surface area contributed by atoms with Gasteiger partial charge in [-0.15, -0.1) is 11.3 Å². The van der Waals surface area contributed by atoms with Gasteiger partial charge in [0.05, 0.1) is 21.5 Å². The first-order chi connectivity index (χ1) is 15.5. The maximum Gasteiger partial charge on any atom is 0.182 e. The van der Waals surface area contributed by atoms with Gasteiger partial charge in [0.1, 0.15) is 21.1 Å². The summed E-state index contributed by atoms with van der Waals surface area (Å²) in [4.78, 5) is 22.8. The summed E-state index contributed by atoms with van der Waals surface area (Å²) in [6.07, 6.45) is 0. The fourth-order valence-corrected chi connectivity index (χ4v) is 6.08. The van der Waals surface area contributed by atoms with E-state index in [4.69, 9.17) is 15.7 Å². The highest BCUT2D eigenvalue weighted by Gasteiger charge is 2.37. The number of Topliss-reactive ketones (excluding diaryl/α,β-unsaturated/α-hetero) is 1. The van der Waals surface area contributed by atoms with Crippen molar-refractivity contribution in [1.82, 2.24) is 4.98 Å². The minimum absolute atomic E-state index is 0.100. The van der Waals surface area contributed by atoms with Crippen LogP contribution in [0.25, 0.3) is 15.8 Å². The van der Waals surface area contributed by atoms with Crippen LogP contribution in [0.2, 0.25) is 0 Å². The predicted molar refractivity (Wildman–Crippen MR) is 134 cm³/mol. The van der Waals surface area contributed by atoms with Gasteiger partial charge < -0.3 is 5.73 Å². The number of rotatable bonds is 4. The van der Waals surface area contributed by atoms with Crippen LogP contribution in [0.15, 0.2) is 88.0 Å². The molecule has 1 unspecified atom stereocenters. The van der Waals surface area contributed by atoms with Gasteiger partial charge in [-0.05, 0) is 48.5 Å². The summed E-state index contributed by atoms with van der Waals surface area (Å²) < 4.78 is 15.2. The molecule has 0 fully saturated rings. The number of nitrogens with zero attached hydrogens (tertiary/aromatic N) is 2. The normalized spacial score (nSPS) is 17.4. The molecule has 0 spiro atoms. The van der Waals surface area contributed by atoms with E-state index in [1.807, 2.05) is 36.4 Å². The van der Waals surface area contributed by atoms with E-state index in [1.165, 1.54) is 35.2 Å². The lowest BCUT2D eigenvalue weighted by molar-refractivity contribution is 0.0998. The molecule has 158 valence electrons. The number of hydrogen-bond donors (Lipinski definition) is 1.